The molecule has 8 heteroatoms. The summed E-state index contributed by atoms with van der Waals surface area (Å²) in [6.45, 7) is 1.16. The smallest absolute Gasteiger partial charge is 0.387 e. The standard InChI is InChI=1S/C18H19F2N3O2S/c19-17(20)25-14-5-3-12(4-6-14)10-15-16(24)21-18(26-15)23-9-8-22-7-1-2-13(22)11-23/h3-6,10,13,17H,1-2,7-9,11H2/b15-10+. The molecular weight excluding hydrogens is 360 g/mol. The lowest BCUT2D eigenvalue weighted by Crippen LogP contribution is -2.51. The summed E-state index contributed by atoms with van der Waals surface area (Å²) in [5.74, 6) is -0.148. The molecule has 0 N–H and O–H groups in total. The number of fused-ring (bicyclic) bond motifs is 1. The van der Waals surface area contributed by atoms with Crippen LogP contribution in [0.1, 0.15) is 18.4 Å². The minimum atomic E-state index is -2.84. The first-order valence-corrected chi connectivity index (χ1v) is 9.46. The van der Waals surface area contributed by atoms with Gasteiger partial charge in [0.1, 0.15) is 5.75 Å². The number of alkyl halides is 2. The minimum absolute atomic E-state index is 0.0962. The quantitative estimate of drug-likeness (QED) is 0.756. The van der Waals surface area contributed by atoms with Crippen molar-refractivity contribution in [3.63, 3.8) is 0 Å². The van der Waals surface area contributed by atoms with Gasteiger partial charge in [-0.1, -0.05) is 12.1 Å². The number of amidine groups is 1. The van der Waals surface area contributed by atoms with Gasteiger partial charge in [0.2, 0.25) is 0 Å². The van der Waals surface area contributed by atoms with Crippen molar-refractivity contribution in [1.82, 2.24) is 9.80 Å². The Morgan fingerprint density at radius 1 is 1.23 bits per heavy atom. The number of halogens is 2. The molecule has 2 fully saturated rings. The first-order valence-electron chi connectivity index (χ1n) is 8.65. The van der Waals surface area contributed by atoms with Crippen LogP contribution < -0.4 is 4.74 Å². The summed E-state index contributed by atoms with van der Waals surface area (Å²) in [6, 6.07) is 6.78. The van der Waals surface area contributed by atoms with Gasteiger partial charge in [0, 0.05) is 25.7 Å². The molecule has 1 aromatic rings. The highest BCUT2D eigenvalue weighted by molar-refractivity contribution is 8.18. The molecule has 4 rings (SSSR count). The fourth-order valence-electron chi connectivity index (χ4n) is 3.59. The minimum Gasteiger partial charge on any atom is -0.435 e. The van der Waals surface area contributed by atoms with Gasteiger partial charge >= 0.3 is 6.61 Å². The van der Waals surface area contributed by atoms with E-state index in [1.807, 2.05) is 0 Å². The molecule has 3 aliphatic rings. The number of nitrogens with zero attached hydrogens (tertiary/aromatic N) is 3. The largest absolute Gasteiger partial charge is 0.435 e. The number of benzene rings is 1. The summed E-state index contributed by atoms with van der Waals surface area (Å²) in [6.07, 6.45) is 4.19. The third-order valence-electron chi connectivity index (χ3n) is 4.87. The molecule has 0 radical (unpaired) electrons. The molecule has 1 atom stereocenters. The molecule has 0 bridgehead atoms. The van der Waals surface area contributed by atoms with Gasteiger partial charge in [-0.2, -0.15) is 13.8 Å². The van der Waals surface area contributed by atoms with Crippen molar-refractivity contribution in [3.8, 4) is 5.75 Å². The van der Waals surface area contributed by atoms with Gasteiger partial charge in [-0.3, -0.25) is 9.69 Å². The Labute approximate surface area is 154 Å². The van der Waals surface area contributed by atoms with Crippen LogP contribution in [0.4, 0.5) is 8.78 Å². The summed E-state index contributed by atoms with van der Waals surface area (Å²) in [4.78, 5) is 21.7. The zero-order valence-corrected chi connectivity index (χ0v) is 14.9. The Balaban J connectivity index is 1.42. The van der Waals surface area contributed by atoms with Crippen LogP contribution in [0.3, 0.4) is 0 Å². The number of hydrogen-bond donors (Lipinski definition) is 0. The van der Waals surface area contributed by atoms with Gasteiger partial charge in [0.25, 0.3) is 5.91 Å². The summed E-state index contributed by atoms with van der Waals surface area (Å²) >= 11 is 1.39. The Bertz CT molecular complexity index is 751. The summed E-state index contributed by atoms with van der Waals surface area (Å²) < 4.78 is 28.7. The lowest BCUT2D eigenvalue weighted by atomic mass is 10.2. The second kappa shape index (κ2) is 7.36. The number of ether oxygens (including phenoxy) is 1. The molecule has 1 aromatic carbocycles. The molecule has 26 heavy (non-hydrogen) atoms. The van der Waals surface area contributed by atoms with Gasteiger partial charge < -0.3 is 9.64 Å². The molecule has 0 aromatic heterocycles. The maximum absolute atomic E-state index is 12.2. The number of aliphatic imine (C=N–C) groups is 1. The van der Waals surface area contributed by atoms with Crippen LogP contribution in [-0.4, -0.2) is 59.7 Å². The monoisotopic (exact) mass is 379 g/mol. The van der Waals surface area contributed by atoms with E-state index in [1.165, 1.54) is 43.3 Å². The predicted octanol–water partition coefficient (Wildman–Crippen LogP) is 3.04. The number of rotatable bonds is 3. The fourth-order valence-corrected chi connectivity index (χ4v) is 4.54. The molecule has 0 aliphatic carbocycles. The molecule has 0 saturated carbocycles. The maximum atomic E-state index is 12.2. The number of carbonyl (C=O) groups excluding carboxylic acids is 1. The Morgan fingerprint density at radius 3 is 2.81 bits per heavy atom. The number of amides is 1. The van der Waals surface area contributed by atoms with Gasteiger partial charge in [0.05, 0.1) is 4.91 Å². The van der Waals surface area contributed by atoms with Crippen LogP contribution in [-0.2, 0) is 4.79 Å². The zero-order chi connectivity index (χ0) is 18.1. The SMILES string of the molecule is O=C1N=C(N2CCN3CCCC3C2)S/C1=C/c1ccc(OC(F)F)cc1. The number of hydrogen-bond acceptors (Lipinski definition) is 5. The third kappa shape index (κ3) is 3.76. The highest BCUT2D eigenvalue weighted by Crippen LogP contribution is 2.32. The van der Waals surface area contributed by atoms with Crippen LogP contribution in [0.2, 0.25) is 0 Å². The van der Waals surface area contributed by atoms with Gasteiger partial charge in [-0.25, -0.2) is 0 Å². The Kier molecular flexibility index (Phi) is 4.95. The van der Waals surface area contributed by atoms with Crippen LogP contribution >= 0.6 is 11.8 Å². The van der Waals surface area contributed by atoms with E-state index < -0.39 is 6.61 Å². The van der Waals surface area contributed by atoms with Crippen molar-refractivity contribution >= 4 is 28.9 Å². The number of carbonyl (C=O) groups is 1. The Morgan fingerprint density at radius 2 is 2.04 bits per heavy atom. The van der Waals surface area contributed by atoms with Crippen molar-refractivity contribution in [1.29, 1.82) is 0 Å². The molecule has 0 spiro atoms. The lowest BCUT2D eigenvalue weighted by molar-refractivity contribution is -0.113. The van der Waals surface area contributed by atoms with Gasteiger partial charge in [-0.05, 0) is 54.9 Å². The molecule has 3 heterocycles. The molecule has 1 unspecified atom stereocenters. The van der Waals surface area contributed by atoms with Crippen molar-refractivity contribution < 1.29 is 18.3 Å². The van der Waals surface area contributed by atoms with E-state index in [0.29, 0.717) is 10.9 Å². The first kappa shape index (κ1) is 17.5. The fraction of sp³-hybridized carbons (Fsp3) is 0.444. The second-order valence-electron chi connectivity index (χ2n) is 6.54. The predicted molar refractivity (Wildman–Crippen MR) is 97.3 cm³/mol. The van der Waals surface area contributed by atoms with Crippen LogP contribution in [0.25, 0.3) is 6.08 Å². The average Bonchev–Trinajstić information content (AvgIpc) is 3.22. The molecule has 5 nitrogen and oxygen atoms in total. The van der Waals surface area contributed by atoms with E-state index in [1.54, 1.807) is 18.2 Å². The van der Waals surface area contributed by atoms with E-state index in [0.717, 1.165) is 30.4 Å². The molecule has 2 saturated heterocycles. The summed E-state index contributed by atoms with van der Waals surface area (Å²) in [7, 11) is 0. The molecule has 3 aliphatic heterocycles. The van der Waals surface area contributed by atoms with E-state index in [2.05, 4.69) is 19.5 Å². The summed E-state index contributed by atoms with van der Waals surface area (Å²) in [5, 5.41) is 0.769. The normalized spacial score (nSPS) is 25.1. The van der Waals surface area contributed by atoms with Gasteiger partial charge in [0.15, 0.2) is 5.17 Å². The van der Waals surface area contributed by atoms with Crippen LogP contribution in [0, 0.1) is 0 Å². The summed E-state index contributed by atoms with van der Waals surface area (Å²) in [5.41, 5.74) is 0.750. The third-order valence-corrected chi connectivity index (χ3v) is 5.91. The van der Waals surface area contributed by atoms with Crippen molar-refractivity contribution in [2.24, 2.45) is 4.99 Å². The molecular formula is C18H19F2N3O2S. The van der Waals surface area contributed by atoms with Gasteiger partial charge in [-0.15, -0.1) is 0 Å². The van der Waals surface area contributed by atoms with Crippen LogP contribution in [0.5, 0.6) is 5.75 Å². The van der Waals surface area contributed by atoms with E-state index in [-0.39, 0.29) is 11.7 Å². The highest BCUT2D eigenvalue weighted by atomic mass is 32.2. The highest BCUT2D eigenvalue weighted by Gasteiger charge is 2.34. The second-order valence-corrected chi connectivity index (χ2v) is 7.54. The van der Waals surface area contributed by atoms with Crippen molar-refractivity contribution in [2.45, 2.75) is 25.5 Å². The maximum Gasteiger partial charge on any atom is 0.387 e. The Hall–Kier alpha value is -1.93. The van der Waals surface area contributed by atoms with E-state index in [4.69, 9.17) is 0 Å². The molecule has 1 amide bonds. The van der Waals surface area contributed by atoms with E-state index >= 15 is 0 Å². The lowest BCUT2D eigenvalue weighted by Gasteiger charge is -2.38. The average molecular weight is 379 g/mol. The number of thioether (sulfide) groups is 1. The first-order chi connectivity index (χ1) is 12.6. The zero-order valence-electron chi connectivity index (χ0n) is 14.1. The van der Waals surface area contributed by atoms with Crippen molar-refractivity contribution in [2.75, 3.05) is 26.2 Å². The van der Waals surface area contributed by atoms with E-state index in [9.17, 15) is 13.6 Å². The number of piperazine rings is 1. The van der Waals surface area contributed by atoms with Crippen molar-refractivity contribution in [3.05, 3.63) is 34.7 Å². The van der Waals surface area contributed by atoms with Crippen LogP contribution in [0.15, 0.2) is 34.2 Å². The topological polar surface area (TPSA) is 45.1 Å². The molecule has 138 valence electrons.